The Labute approximate surface area is 108 Å². The Morgan fingerprint density at radius 1 is 1.29 bits per heavy atom. The van der Waals surface area contributed by atoms with Crippen LogP contribution in [0.2, 0.25) is 0 Å². The van der Waals surface area contributed by atoms with E-state index in [4.69, 9.17) is 15.2 Å². The molecular weight excluding hydrogens is 234 g/mol. The third-order valence-corrected chi connectivity index (χ3v) is 3.68. The molecule has 0 saturated heterocycles. The fourth-order valence-electron chi connectivity index (χ4n) is 1.70. The molecule has 1 rings (SSSR count). The molecule has 1 unspecified atom stereocenters. The van der Waals surface area contributed by atoms with Gasteiger partial charge in [-0.05, 0) is 16.9 Å². The van der Waals surface area contributed by atoms with Gasteiger partial charge in [-0.2, -0.15) is 0 Å². The summed E-state index contributed by atoms with van der Waals surface area (Å²) >= 11 is 1.85. The first kappa shape index (κ1) is 14.2. The summed E-state index contributed by atoms with van der Waals surface area (Å²) in [6, 6.07) is 5.88. The second-order valence-electron chi connectivity index (χ2n) is 4.09. The summed E-state index contributed by atoms with van der Waals surface area (Å²) in [6.07, 6.45) is 0. The summed E-state index contributed by atoms with van der Waals surface area (Å²) in [5.74, 6) is 0.730. The van der Waals surface area contributed by atoms with E-state index >= 15 is 0 Å². The third-order valence-electron chi connectivity index (χ3n) is 2.42. The summed E-state index contributed by atoms with van der Waals surface area (Å²) in [6.45, 7) is 4.99. The van der Waals surface area contributed by atoms with Crippen LogP contribution in [0.1, 0.15) is 24.7 Å². The summed E-state index contributed by atoms with van der Waals surface area (Å²) in [4.78, 5) is 0. The van der Waals surface area contributed by atoms with Crippen molar-refractivity contribution in [1.29, 1.82) is 0 Å². The Balaban J connectivity index is 3.00. The van der Waals surface area contributed by atoms with E-state index in [-0.39, 0.29) is 5.25 Å². The van der Waals surface area contributed by atoms with Crippen molar-refractivity contribution in [3.63, 3.8) is 0 Å². The first-order chi connectivity index (χ1) is 8.10. The molecule has 4 heteroatoms. The normalized spacial score (nSPS) is 12.8. The van der Waals surface area contributed by atoms with Gasteiger partial charge in [0.15, 0.2) is 0 Å². The van der Waals surface area contributed by atoms with E-state index in [1.54, 1.807) is 14.2 Å². The van der Waals surface area contributed by atoms with Crippen LogP contribution in [0.25, 0.3) is 0 Å². The molecule has 0 aliphatic rings. The van der Waals surface area contributed by atoms with Gasteiger partial charge in [0.25, 0.3) is 0 Å². The molecule has 0 aliphatic heterocycles. The minimum atomic E-state index is 0.245. The van der Waals surface area contributed by atoms with Crippen molar-refractivity contribution in [3.8, 4) is 5.75 Å². The molecule has 0 bridgehead atoms. The van der Waals surface area contributed by atoms with Crippen LogP contribution in [0, 0.1) is 0 Å². The van der Waals surface area contributed by atoms with Gasteiger partial charge in [0.05, 0.1) is 24.7 Å². The summed E-state index contributed by atoms with van der Waals surface area (Å²) in [5.41, 5.74) is 7.91. The molecule has 96 valence electrons. The predicted octanol–water partition coefficient (Wildman–Crippen LogP) is 3.11. The molecule has 0 heterocycles. The Bertz CT molecular complexity index is 355. The zero-order valence-corrected chi connectivity index (χ0v) is 11.7. The first-order valence-corrected chi connectivity index (χ1v) is 6.61. The number of anilines is 1. The van der Waals surface area contributed by atoms with Gasteiger partial charge in [-0.25, -0.2) is 0 Å². The predicted molar refractivity (Wildman–Crippen MR) is 74.8 cm³/mol. The summed E-state index contributed by atoms with van der Waals surface area (Å²) in [5, 5.41) is 0.774. The van der Waals surface area contributed by atoms with E-state index in [0.717, 1.165) is 11.3 Å². The smallest absolute Gasteiger partial charge is 0.142 e. The van der Waals surface area contributed by atoms with Gasteiger partial charge in [0, 0.05) is 7.11 Å². The largest absolute Gasteiger partial charge is 0.495 e. The number of nitrogens with two attached hydrogens (primary N) is 1. The summed E-state index contributed by atoms with van der Waals surface area (Å²) < 4.78 is 10.5. The topological polar surface area (TPSA) is 44.5 Å². The molecule has 0 aliphatic carbocycles. The van der Waals surface area contributed by atoms with Crippen LogP contribution in [0.4, 0.5) is 5.69 Å². The van der Waals surface area contributed by atoms with E-state index in [1.165, 1.54) is 0 Å². The lowest BCUT2D eigenvalue weighted by atomic mass is 10.1. The standard InChI is InChI=1S/C13H21NO2S/c1-9(2)17-12(8-15-3)10-6-5-7-11(16-4)13(10)14/h5-7,9,12H,8,14H2,1-4H3. The van der Waals surface area contributed by atoms with Crippen LogP contribution in [0.15, 0.2) is 18.2 Å². The van der Waals surface area contributed by atoms with Crippen molar-refractivity contribution < 1.29 is 9.47 Å². The zero-order chi connectivity index (χ0) is 12.8. The number of thioether (sulfide) groups is 1. The zero-order valence-electron chi connectivity index (χ0n) is 10.9. The van der Waals surface area contributed by atoms with E-state index in [1.807, 2.05) is 30.0 Å². The Kier molecular flexibility index (Phi) is 5.65. The number of hydrogen-bond donors (Lipinski definition) is 1. The second kappa shape index (κ2) is 6.77. The quantitative estimate of drug-likeness (QED) is 0.793. The fourth-order valence-corrected chi connectivity index (χ4v) is 2.93. The molecule has 1 aromatic rings. The Hall–Kier alpha value is -0.870. The highest BCUT2D eigenvalue weighted by Crippen LogP contribution is 2.38. The van der Waals surface area contributed by atoms with Crippen LogP contribution in [0.5, 0.6) is 5.75 Å². The molecular formula is C13H21NO2S. The Morgan fingerprint density at radius 2 is 2.00 bits per heavy atom. The fraction of sp³-hybridized carbons (Fsp3) is 0.538. The van der Waals surface area contributed by atoms with E-state index < -0.39 is 0 Å². The number of para-hydroxylation sites is 1. The maximum absolute atomic E-state index is 6.11. The highest BCUT2D eigenvalue weighted by molar-refractivity contribution is 8.00. The maximum atomic E-state index is 6.11. The van der Waals surface area contributed by atoms with Crippen LogP contribution in [-0.2, 0) is 4.74 Å². The van der Waals surface area contributed by atoms with Gasteiger partial charge in [-0.15, -0.1) is 11.8 Å². The molecule has 0 fully saturated rings. The first-order valence-electron chi connectivity index (χ1n) is 5.67. The number of hydrogen-bond acceptors (Lipinski definition) is 4. The highest BCUT2D eigenvalue weighted by atomic mass is 32.2. The van der Waals surface area contributed by atoms with Gasteiger partial charge in [0.1, 0.15) is 5.75 Å². The lowest BCUT2D eigenvalue weighted by molar-refractivity contribution is 0.200. The average molecular weight is 255 g/mol. The lowest BCUT2D eigenvalue weighted by Crippen LogP contribution is -2.09. The third kappa shape index (κ3) is 3.82. The van der Waals surface area contributed by atoms with Crippen molar-refractivity contribution in [1.82, 2.24) is 0 Å². The number of rotatable bonds is 6. The SMILES string of the molecule is COCC(SC(C)C)c1cccc(OC)c1N. The number of benzene rings is 1. The number of nitrogen functional groups attached to an aromatic ring is 1. The van der Waals surface area contributed by atoms with Crippen molar-refractivity contribution in [2.75, 3.05) is 26.6 Å². The van der Waals surface area contributed by atoms with Crippen LogP contribution < -0.4 is 10.5 Å². The minimum absolute atomic E-state index is 0.245. The maximum Gasteiger partial charge on any atom is 0.142 e. The van der Waals surface area contributed by atoms with Crippen LogP contribution >= 0.6 is 11.8 Å². The van der Waals surface area contributed by atoms with E-state index in [2.05, 4.69) is 13.8 Å². The monoisotopic (exact) mass is 255 g/mol. The van der Waals surface area contributed by atoms with E-state index in [0.29, 0.717) is 17.5 Å². The molecule has 0 aromatic heterocycles. The van der Waals surface area contributed by atoms with Gasteiger partial charge in [-0.3, -0.25) is 0 Å². The number of methoxy groups -OCH3 is 2. The minimum Gasteiger partial charge on any atom is -0.495 e. The molecule has 0 amide bonds. The van der Waals surface area contributed by atoms with Crippen molar-refractivity contribution in [2.45, 2.75) is 24.3 Å². The molecule has 17 heavy (non-hydrogen) atoms. The van der Waals surface area contributed by atoms with Gasteiger partial charge < -0.3 is 15.2 Å². The van der Waals surface area contributed by atoms with Gasteiger partial charge in [0.2, 0.25) is 0 Å². The molecule has 0 saturated carbocycles. The lowest BCUT2D eigenvalue weighted by Gasteiger charge is -2.21. The average Bonchev–Trinajstić information content (AvgIpc) is 2.28. The molecule has 2 N–H and O–H groups in total. The van der Waals surface area contributed by atoms with Gasteiger partial charge >= 0.3 is 0 Å². The molecule has 0 spiro atoms. The molecule has 1 aromatic carbocycles. The highest BCUT2D eigenvalue weighted by Gasteiger charge is 2.18. The van der Waals surface area contributed by atoms with Crippen molar-refractivity contribution in [2.24, 2.45) is 0 Å². The molecule has 1 atom stereocenters. The molecule has 0 radical (unpaired) electrons. The van der Waals surface area contributed by atoms with Crippen molar-refractivity contribution in [3.05, 3.63) is 23.8 Å². The molecule has 3 nitrogen and oxygen atoms in total. The van der Waals surface area contributed by atoms with E-state index in [9.17, 15) is 0 Å². The summed E-state index contributed by atoms with van der Waals surface area (Å²) in [7, 11) is 3.35. The van der Waals surface area contributed by atoms with Crippen molar-refractivity contribution >= 4 is 17.4 Å². The van der Waals surface area contributed by atoms with Crippen LogP contribution in [0.3, 0.4) is 0 Å². The number of ether oxygens (including phenoxy) is 2. The second-order valence-corrected chi connectivity index (χ2v) is 5.88. The Morgan fingerprint density at radius 3 is 2.53 bits per heavy atom. The van der Waals surface area contributed by atoms with Gasteiger partial charge in [-0.1, -0.05) is 26.0 Å². The van der Waals surface area contributed by atoms with Crippen LogP contribution in [-0.4, -0.2) is 26.1 Å².